The van der Waals surface area contributed by atoms with E-state index < -0.39 is 0 Å². The number of nitrogens with zero attached hydrogens (tertiary/aromatic N) is 1. The van der Waals surface area contributed by atoms with Gasteiger partial charge in [-0.1, -0.05) is 0 Å². The summed E-state index contributed by atoms with van der Waals surface area (Å²) in [7, 11) is 1.73. The van der Waals surface area contributed by atoms with Crippen LogP contribution in [0.3, 0.4) is 0 Å². The Morgan fingerprint density at radius 1 is 1.64 bits per heavy atom. The number of hydrogen-bond donors (Lipinski definition) is 3. The van der Waals surface area contributed by atoms with E-state index in [-0.39, 0.29) is 6.61 Å². The third kappa shape index (κ3) is 3.23. The molecule has 0 heterocycles. The molecule has 0 spiro atoms. The zero-order valence-electron chi connectivity index (χ0n) is 6.80. The third-order valence-corrected chi connectivity index (χ3v) is 1.55. The van der Waals surface area contributed by atoms with Gasteiger partial charge < -0.3 is 15.7 Å². The first-order valence-corrected chi connectivity index (χ1v) is 3.95. The number of aliphatic hydroxyl groups excluding tert-OH is 1. The van der Waals surface area contributed by atoms with Crippen molar-refractivity contribution in [2.75, 3.05) is 20.2 Å². The molecule has 0 amide bonds. The van der Waals surface area contributed by atoms with E-state index in [4.69, 9.17) is 5.11 Å². The highest BCUT2D eigenvalue weighted by atomic mass is 16.3. The molecule has 1 aliphatic rings. The van der Waals surface area contributed by atoms with Crippen LogP contribution in [0.15, 0.2) is 4.99 Å². The molecule has 0 bridgehead atoms. The van der Waals surface area contributed by atoms with Gasteiger partial charge in [-0.15, -0.1) is 0 Å². The van der Waals surface area contributed by atoms with Gasteiger partial charge in [0.2, 0.25) is 0 Å². The summed E-state index contributed by atoms with van der Waals surface area (Å²) in [6, 6.07) is 0.611. The zero-order chi connectivity index (χ0) is 8.10. The summed E-state index contributed by atoms with van der Waals surface area (Å²) in [6.45, 7) is 0.706. The van der Waals surface area contributed by atoms with Gasteiger partial charge in [-0.05, 0) is 12.8 Å². The average Bonchev–Trinajstić information content (AvgIpc) is 2.81. The molecular formula is C7H15N3O. The molecular weight excluding hydrogens is 142 g/mol. The largest absolute Gasteiger partial charge is 0.395 e. The van der Waals surface area contributed by atoms with E-state index in [1.807, 2.05) is 0 Å². The van der Waals surface area contributed by atoms with Crippen LogP contribution in [0.5, 0.6) is 0 Å². The number of nitrogens with one attached hydrogen (secondary N) is 2. The van der Waals surface area contributed by atoms with E-state index in [9.17, 15) is 0 Å². The first-order valence-electron chi connectivity index (χ1n) is 3.95. The minimum Gasteiger partial charge on any atom is -0.395 e. The Bertz CT molecular complexity index is 143. The van der Waals surface area contributed by atoms with Gasteiger partial charge in [-0.2, -0.15) is 0 Å². The van der Waals surface area contributed by atoms with Crippen molar-refractivity contribution < 1.29 is 5.11 Å². The molecule has 0 unspecified atom stereocenters. The van der Waals surface area contributed by atoms with Gasteiger partial charge >= 0.3 is 0 Å². The first-order chi connectivity index (χ1) is 5.36. The van der Waals surface area contributed by atoms with Gasteiger partial charge in [-0.3, -0.25) is 4.99 Å². The summed E-state index contributed by atoms with van der Waals surface area (Å²) in [5.74, 6) is 0.793. The zero-order valence-corrected chi connectivity index (χ0v) is 6.80. The molecule has 1 aliphatic carbocycles. The average molecular weight is 157 g/mol. The summed E-state index contributed by atoms with van der Waals surface area (Å²) >= 11 is 0. The molecule has 0 aromatic carbocycles. The third-order valence-electron chi connectivity index (χ3n) is 1.55. The summed E-state index contributed by atoms with van der Waals surface area (Å²) in [5, 5.41) is 14.7. The predicted octanol–water partition coefficient (Wildman–Crippen LogP) is -0.694. The standard InChI is InChI=1S/C7H15N3O/c1-8-7(9-4-5-11)10-6-2-3-6/h6,11H,2-5H2,1H3,(H2,8,9,10). The number of aliphatic imine (C=N–C) groups is 1. The molecule has 0 aromatic heterocycles. The summed E-state index contributed by atoms with van der Waals surface area (Å²) in [4.78, 5) is 3.99. The van der Waals surface area contributed by atoms with Gasteiger partial charge in [0, 0.05) is 19.6 Å². The van der Waals surface area contributed by atoms with Crippen LogP contribution >= 0.6 is 0 Å². The van der Waals surface area contributed by atoms with Gasteiger partial charge in [0.1, 0.15) is 0 Å². The fourth-order valence-electron chi connectivity index (χ4n) is 0.790. The Hall–Kier alpha value is -0.770. The van der Waals surface area contributed by atoms with E-state index in [1.165, 1.54) is 12.8 Å². The highest BCUT2D eigenvalue weighted by Crippen LogP contribution is 2.18. The highest BCUT2D eigenvalue weighted by molar-refractivity contribution is 5.80. The molecule has 4 nitrogen and oxygen atoms in total. The van der Waals surface area contributed by atoms with Crippen molar-refractivity contribution in [2.24, 2.45) is 4.99 Å². The molecule has 0 aliphatic heterocycles. The maximum Gasteiger partial charge on any atom is 0.191 e. The van der Waals surface area contributed by atoms with E-state index in [2.05, 4.69) is 15.6 Å². The molecule has 0 atom stereocenters. The number of rotatable bonds is 3. The number of guanidine groups is 1. The molecule has 64 valence electrons. The van der Waals surface area contributed by atoms with Crippen LogP contribution in [-0.4, -0.2) is 37.3 Å². The second-order valence-corrected chi connectivity index (χ2v) is 2.64. The van der Waals surface area contributed by atoms with Crippen molar-refractivity contribution in [3.8, 4) is 0 Å². The van der Waals surface area contributed by atoms with E-state index in [1.54, 1.807) is 7.05 Å². The summed E-state index contributed by atoms with van der Waals surface area (Å²) in [5.41, 5.74) is 0. The molecule has 4 heteroatoms. The van der Waals surface area contributed by atoms with Crippen molar-refractivity contribution in [1.82, 2.24) is 10.6 Å². The smallest absolute Gasteiger partial charge is 0.191 e. The molecule has 3 N–H and O–H groups in total. The quantitative estimate of drug-likeness (QED) is 0.375. The van der Waals surface area contributed by atoms with Crippen LogP contribution in [0.25, 0.3) is 0 Å². The lowest BCUT2D eigenvalue weighted by atomic mass is 10.6. The van der Waals surface area contributed by atoms with Crippen LogP contribution in [0, 0.1) is 0 Å². The molecule has 1 saturated carbocycles. The minimum absolute atomic E-state index is 0.144. The summed E-state index contributed by atoms with van der Waals surface area (Å²) in [6.07, 6.45) is 2.47. The van der Waals surface area contributed by atoms with E-state index in [0.29, 0.717) is 12.6 Å². The lowest BCUT2D eigenvalue weighted by Gasteiger charge is -2.08. The van der Waals surface area contributed by atoms with E-state index >= 15 is 0 Å². The molecule has 0 aromatic rings. The topological polar surface area (TPSA) is 56.7 Å². The second kappa shape index (κ2) is 4.18. The number of aliphatic hydroxyl groups is 1. The highest BCUT2D eigenvalue weighted by Gasteiger charge is 2.21. The van der Waals surface area contributed by atoms with Crippen molar-refractivity contribution >= 4 is 5.96 Å². The Morgan fingerprint density at radius 2 is 2.36 bits per heavy atom. The van der Waals surface area contributed by atoms with Crippen LogP contribution in [0.1, 0.15) is 12.8 Å². The minimum atomic E-state index is 0.144. The molecule has 1 rings (SSSR count). The van der Waals surface area contributed by atoms with Crippen LogP contribution in [-0.2, 0) is 0 Å². The SMILES string of the molecule is CN=C(NCCO)NC1CC1. The fourth-order valence-corrected chi connectivity index (χ4v) is 0.790. The predicted molar refractivity (Wildman–Crippen MR) is 44.6 cm³/mol. The molecule has 11 heavy (non-hydrogen) atoms. The fraction of sp³-hybridized carbons (Fsp3) is 0.857. The maximum absolute atomic E-state index is 8.52. The Kier molecular flexibility index (Phi) is 3.16. The summed E-state index contributed by atoms with van der Waals surface area (Å²) < 4.78 is 0. The van der Waals surface area contributed by atoms with Gasteiger partial charge in [-0.25, -0.2) is 0 Å². The van der Waals surface area contributed by atoms with Gasteiger partial charge in [0.05, 0.1) is 6.61 Å². The first kappa shape index (κ1) is 8.33. The number of hydrogen-bond acceptors (Lipinski definition) is 2. The van der Waals surface area contributed by atoms with E-state index in [0.717, 1.165) is 5.96 Å². The molecule has 1 fully saturated rings. The van der Waals surface area contributed by atoms with Crippen molar-refractivity contribution in [3.63, 3.8) is 0 Å². The van der Waals surface area contributed by atoms with Gasteiger partial charge in [0.25, 0.3) is 0 Å². The Balaban J connectivity index is 2.13. The second-order valence-electron chi connectivity index (χ2n) is 2.64. The Morgan fingerprint density at radius 3 is 2.82 bits per heavy atom. The molecule has 0 saturated heterocycles. The van der Waals surface area contributed by atoms with Crippen LogP contribution in [0.4, 0.5) is 0 Å². The van der Waals surface area contributed by atoms with Crippen LogP contribution in [0.2, 0.25) is 0 Å². The molecule has 0 radical (unpaired) electrons. The normalized spacial score (nSPS) is 18.2. The Labute approximate surface area is 66.7 Å². The van der Waals surface area contributed by atoms with Crippen molar-refractivity contribution in [2.45, 2.75) is 18.9 Å². The van der Waals surface area contributed by atoms with Gasteiger partial charge in [0.15, 0.2) is 5.96 Å². The lowest BCUT2D eigenvalue weighted by molar-refractivity contribution is 0.300. The van der Waals surface area contributed by atoms with Crippen molar-refractivity contribution in [1.29, 1.82) is 0 Å². The maximum atomic E-state index is 8.52. The van der Waals surface area contributed by atoms with Crippen molar-refractivity contribution in [3.05, 3.63) is 0 Å². The monoisotopic (exact) mass is 157 g/mol. The lowest BCUT2D eigenvalue weighted by Crippen LogP contribution is -2.39. The van der Waals surface area contributed by atoms with Crippen LogP contribution < -0.4 is 10.6 Å².